The van der Waals surface area contributed by atoms with E-state index in [0.29, 0.717) is 19.6 Å². The van der Waals surface area contributed by atoms with Gasteiger partial charge in [0.15, 0.2) is 0 Å². The summed E-state index contributed by atoms with van der Waals surface area (Å²) in [6, 6.07) is 28.4. The number of rotatable bonds is 10. The minimum Gasteiger partial charge on any atom is -0.487 e. The fourth-order valence-electron chi connectivity index (χ4n) is 4.29. The zero-order chi connectivity index (χ0) is 25.6. The van der Waals surface area contributed by atoms with E-state index in [9.17, 15) is 4.79 Å². The van der Waals surface area contributed by atoms with Crippen LogP contribution in [0.2, 0.25) is 0 Å². The van der Waals surface area contributed by atoms with Crippen molar-refractivity contribution in [2.45, 2.75) is 32.9 Å². The number of aromatic nitrogens is 2. The van der Waals surface area contributed by atoms with Gasteiger partial charge >= 0.3 is 5.97 Å². The summed E-state index contributed by atoms with van der Waals surface area (Å²) < 4.78 is 8.17. The lowest BCUT2D eigenvalue weighted by atomic mass is 10.0. The fourth-order valence-corrected chi connectivity index (χ4v) is 5.21. The average Bonchev–Trinajstić information content (AvgIpc) is 3.51. The van der Waals surface area contributed by atoms with Gasteiger partial charge in [0, 0.05) is 41.4 Å². The van der Waals surface area contributed by atoms with Crippen molar-refractivity contribution in [3.63, 3.8) is 0 Å². The fraction of sp³-hybridized carbons (Fsp3) is 0.161. The molecule has 5 rings (SSSR count). The highest BCUT2D eigenvalue weighted by molar-refractivity contribution is 7.15. The lowest BCUT2D eigenvalue weighted by Crippen LogP contribution is -1.99. The summed E-state index contributed by atoms with van der Waals surface area (Å²) >= 11 is 1.69. The number of aliphatic carboxylic acids is 1. The van der Waals surface area contributed by atoms with Gasteiger partial charge in [0.2, 0.25) is 0 Å². The van der Waals surface area contributed by atoms with Crippen LogP contribution in [0, 0.1) is 6.92 Å². The van der Waals surface area contributed by atoms with Crippen LogP contribution in [0.3, 0.4) is 0 Å². The van der Waals surface area contributed by atoms with Crippen molar-refractivity contribution in [1.29, 1.82) is 0 Å². The number of hydrogen-bond acceptors (Lipinski definition) is 4. The molecular weight excluding hydrogens is 480 g/mol. The minimum atomic E-state index is -0.786. The van der Waals surface area contributed by atoms with E-state index < -0.39 is 5.97 Å². The Balaban J connectivity index is 1.25. The Kier molecular flexibility index (Phi) is 7.47. The van der Waals surface area contributed by atoms with Crippen LogP contribution < -0.4 is 4.74 Å². The van der Waals surface area contributed by atoms with Gasteiger partial charge in [0.05, 0.1) is 5.69 Å². The Morgan fingerprint density at radius 2 is 1.59 bits per heavy atom. The molecule has 0 saturated heterocycles. The first-order chi connectivity index (χ1) is 18.0. The molecule has 0 fully saturated rings. The third kappa shape index (κ3) is 6.16. The molecule has 186 valence electrons. The van der Waals surface area contributed by atoms with Gasteiger partial charge in [-0.2, -0.15) is 0 Å². The zero-order valence-corrected chi connectivity index (χ0v) is 21.4. The number of carboxylic acid groups (broad SMARTS) is 1. The SMILES string of the molecule is Cc1sc(-c2ccccc2)nc1COc1ccc(Cn2cc(CCC(=O)O)c(-c3ccccc3)c2)cc1. The molecule has 0 aliphatic carbocycles. The molecule has 2 heterocycles. The molecule has 0 saturated carbocycles. The molecule has 5 aromatic rings. The first kappa shape index (κ1) is 24.5. The van der Waals surface area contributed by atoms with Gasteiger partial charge in [-0.1, -0.05) is 72.8 Å². The molecule has 0 amide bonds. The van der Waals surface area contributed by atoms with Gasteiger partial charge in [-0.05, 0) is 42.2 Å². The van der Waals surface area contributed by atoms with Gasteiger partial charge in [-0.3, -0.25) is 4.79 Å². The van der Waals surface area contributed by atoms with Crippen molar-refractivity contribution >= 4 is 17.3 Å². The van der Waals surface area contributed by atoms with Crippen molar-refractivity contribution in [2.75, 3.05) is 0 Å². The van der Waals surface area contributed by atoms with Crippen molar-refractivity contribution < 1.29 is 14.6 Å². The van der Waals surface area contributed by atoms with E-state index in [1.165, 1.54) is 0 Å². The lowest BCUT2D eigenvalue weighted by Gasteiger charge is -2.07. The van der Waals surface area contributed by atoms with Crippen LogP contribution in [0.1, 0.15) is 28.1 Å². The summed E-state index contributed by atoms with van der Waals surface area (Å²) in [5, 5.41) is 10.2. The second-order valence-electron chi connectivity index (χ2n) is 8.95. The molecule has 3 aromatic carbocycles. The van der Waals surface area contributed by atoms with Gasteiger partial charge in [0.1, 0.15) is 17.4 Å². The Morgan fingerprint density at radius 3 is 2.27 bits per heavy atom. The van der Waals surface area contributed by atoms with E-state index in [-0.39, 0.29) is 6.42 Å². The largest absolute Gasteiger partial charge is 0.487 e. The maximum absolute atomic E-state index is 11.2. The van der Waals surface area contributed by atoms with Gasteiger partial charge in [-0.15, -0.1) is 11.3 Å². The van der Waals surface area contributed by atoms with E-state index >= 15 is 0 Å². The second-order valence-corrected chi connectivity index (χ2v) is 10.2. The van der Waals surface area contributed by atoms with Crippen LogP contribution in [-0.4, -0.2) is 20.6 Å². The van der Waals surface area contributed by atoms with Crippen molar-refractivity contribution in [1.82, 2.24) is 9.55 Å². The van der Waals surface area contributed by atoms with Crippen LogP contribution in [0.4, 0.5) is 0 Å². The van der Waals surface area contributed by atoms with Crippen molar-refractivity contribution in [3.8, 4) is 27.4 Å². The Bertz CT molecular complexity index is 1470. The van der Waals surface area contributed by atoms with Gasteiger partial charge in [-0.25, -0.2) is 4.98 Å². The molecule has 0 aliphatic rings. The second kappa shape index (κ2) is 11.3. The number of ether oxygens (including phenoxy) is 1. The highest BCUT2D eigenvalue weighted by Gasteiger charge is 2.12. The summed E-state index contributed by atoms with van der Waals surface area (Å²) in [6.07, 6.45) is 4.78. The van der Waals surface area contributed by atoms with Crippen LogP contribution in [-0.2, 0) is 24.4 Å². The summed E-state index contributed by atoms with van der Waals surface area (Å²) in [5.74, 6) is 0.0172. The number of carboxylic acids is 1. The summed E-state index contributed by atoms with van der Waals surface area (Å²) in [5.41, 5.74) is 6.44. The zero-order valence-electron chi connectivity index (χ0n) is 20.6. The topological polar surface area (TPSA) is 64.4 Å². The predicted octanol–water partition coefficient (Wildman–Crippen LogP) is 7.23. The van der Waals surface area contributed by atoms with Crippen LogP contribution in [0.25, 0.3) is 21.7 Å². The predicted molar refractivity (Wildman–Crippen MR) is 148 cm³/mol. The van der Waals surface area contributed by atoms with Crippen molar-refractivity contribution in [2.24, 2.45) is 0 Å². The number of carbonyl (C=O) groups is 1. The Morgan fingerprint density at radius 1 is 0.919 bits per heavy atom. The number of aryl methyl sites for hydroxylation is 2. The molecule has 0 bridgehead atoms. The number of hydrogen-bond donors (Lipinski definition) is 1. The molecule has 5 nitrogen and oxygen atoms in total. The quantitative estimate of drug-likeness (QED) is 0.216. The highest BCUT2D eigenvalue weighted by atomic mass is 32.1. The lowest BCUT2D eigenvalue weighted by molar-refractivity contribution is -0.136. The van der Waals surface area contributed by atoms with Crippen LogP contribution >= 0.6 is 11.3 Å². The molecule has 37 heavy (non-hydrogen) atoms. The third-order valence-corrected chi connectivity index (χ3v) is 7.30. The van der Waals surface area contributed by atoms with Gasteiger partial charge < -0.3 is 14.4 Å². The molecule has 0 radical (unpaired) electrons. The van der Waals surface area contributed by atoms with Crippen molar-refractivity contribution in [3.05, 3.63) is 119 Å². The first-order valence-corrected chi connectivity index (χ1v) is 13.1. The van der Waals surface area contributed by atoms with E-state index in [1.807, 2.05) is 48.5 Å². The number of thiazole rings is 1. The Hall–Kier alpha value is -4.16. The van der Waals surface area contributed by atoms with E-state index in [1.54, 1.807) is 11.3 Å². The number of nitrogens with zero attached hydrogens (tertiary/aromatic N) is 2. The standard InChI is InChI=1S/C31H28N2O3S/c1-22-29(32-31(37-22)25-10-6-3-7-11-25)21-36-27-15-12-23(13-16-27)18-33-19-26(14-17-30(34)35)28(20-33)24-8-4-2-5-9-24/h2-13,15-16,19-20H,14,17-18,21H2,1H3,(H,34,35). The molecule has 0 atom stereocenters. The molecule has 1 N–H and O–H groups in total. The van der Waals surface area contributed by atoms with E-state index in [2.05, 4.69) is 60.3 Å². The molecular formula is C31H28N2O3S. The minimum absolute atomic E-state index is 0.112. The number of benzene rings is 3. The van der Waals surface area contributed by atoms with E-state index in [0.717, 1.165) is 49.1 Å². The maximum Gasteiger partial charge on any atom is 0.303 e. The average molecular weight is 509 g/mol. The maximum atomic E-state index is 11.2. The molecule has 0 spiro atoms. The summed E-state index contributed by atoms with van der Waals surface area (Å²) in [4.78, 5) is 17.1. The smallest absolute Gasteiger partial charge is 0.303 e. The third-order valence-electron chi connectivity index (χ3n) is 6.23. The summed E-state index contributed by atoms with van der Waals surface area (Å²) in [6.45, 7) is 3.20. The Labute approximate surface area is 220 Å². The molecule has 0 aliphatic heterocycles. The molecule has 6 heteroatoms. The van der Waals surface area contributed by atoms with Crippen LogP contribution in [0.15, 0.2) is 97.3 Å². The summed E-state index contributed by atoms with van der Waals surface area (Å²) in [7, 11) is 0. The molecule has 0 unspecified atom stereocenters. The van der Waals surface area contributed by atoms with Gasteiger partial charge in [0.25, 0.3) is 0 Å². The van der Waals surface area contributed by atoms with Crippen LogP contribution in [0.5, 0.6) is 5.75 Å². The van der Waals surface area contributed by atoms with E-state index in [4.69, 9.17) is 14.8 Å². The first-order valence-electron chi connectivity index (χ1n) is 12.2. The highest BCUT2D eigenvalue weighted by Crippen LogP contribution is 2.29. The molecule has 2 aromatic heterocycles. The normalized spacial score (nSPS) is 10.9. The monoisotopic (exact) mass is 508 g/mol.